The second kappa shape index (κ2) is 10.6. The molecule has 1 atom stereocenters. The first-order valence-electron chi connectivity index (χ1n) is 12.2. The van der Waals surface area contributed by atoms with Gasteiger partial charge in [0.25, 0.3) is 0 Å². The first kappa shape index (κ1) is 25.5. The van der Waals surface area contributed by atoms with Crippen molar-refractivity contribution in [3.63, 3.8) is 0 Å². The van der Waals surface area contributed by atoms with Gasteiger partial charge < -0.3 is 24.6 Å². The molecule has 0 radical (unpaired) electrons. The van der Waals surface area contributed by atoms with Crippen LogP contribution in [0.2, 0.25) is 0 Å². The zero-order valence-electron chi connectivity index (χ0n) is 20.9. The molecular formula is C27H32FN3O5. The highest BCUT2D eigenvalue weighted by molar-refractivity contribution is 6.01. The number of anilines is 1. The van der Waals surface area contributed by atoms with E-state index in [9.17, 15) is 14.4 Å². The van der Waals surface area contributed by atoms with Crippen molar-refractivity contribution in [2.75, 3.05) is 18.0 Å². The Morgan fingerprint density at radius 2 is 1.86 bits per heavy atom. The fourth-order valence-corrected chi connectivity index (χ4v) is 4.45. The molecular weight excluding hydrogens is 465 g/mol. The molecule has 0 bridgehead atoms. The molecule has 4 rings (SSSR count). The predicted molar refractivity (Wildman–Crippen MR) is 132 cm³/mol. The summed E-state index contributed by atoms with van der Waals surface area (Å²) in [5, 5.41) is 2.59. The van der Waals surface area contributed by atoms with Crippen molar-refractivity contribution in [3.05, 3.63) is 65.0 Å². The second-order valence-corrected chi connectivity index (χ2v) is 10.1. The average Bonchev–Trinajstić information content (AvgIpc) is 3.04. The Labute approximate surface area is 210 Å². The van der Waals surface area contributed by atoms with E-state index in [0.717, 1.165) is 5.56 Å². The fraction of sp³-hybridized carbons (Fsp3) is 0.444. The largest absolute Gasteiger partial charge is 0.445 e. The number of rotatable bonds is 4. The van der Waals surface area contributed by atoms with Crippen LogP contribution in [0.5, 0.6) is 0 Å². The lowest BCUT2D eigenvalue weighted by Gasteiger charge is -2.26. The predicted octanol–water partition coefficient (Wildman–Crippen LogP) is 4.54. The van der Waals surface area contributed by atoms with Crippen LogP contribution in [0.3, 0.4) is 0 Å². The molecule has 3 amide bonds. The highest BCUT2D eigenvalue weighted by atomic mass is 19.1. The summed E-state index contributed by atoms with van der Waals surface area (Å²) in [6, 6.07) is 11.8. The standard InChI is InChI=1S/C27H32FN3O5/c1-27(2,3)36-26(34)30-14-7-10-20-19(16-30)11-12-22(23(20)28)31-15-13-21(24(31)32)29-25(33)35-17-18-8-5-4-6-9-18/h4-6,8-9,11-12,21H,7,10,13-17H2,1-3H3,(H,29,33)/t21-/m0/s1. The summed E-state index contributed by atoms with van der Waals surface area (Å²) in [6.45, 7) is 6.49. The van der Waals surface area contributed by atoms with Crippen molar-refractivity contribution in [2.24, 2.45) is 0 Å². The third-order valence-corrected chi connectivity index (χ3v) is 6.19. The van der Waals surface area contributed by atoms with Gasteiger partial charge in [0.1, 0.15) is 24.1 Å². The first-order valence-corrected chi connectivity index (χ1v) is 12.2. The molecule has 9 heteroatoms. The first-order chi connectivity index (χ1) is 17.1. The lowest BCUT2D eigenvalue weighted by molar-refractivity contribution is -0.118. The van der Waals surface area contributed by atoms with Crippen molar-refractivity contribution in [1.29, 1.82) is 0 Å². The van der Waals surface area contributed by atoms with Crippen LogP contribution < -0.4 is 10.2 Å². The number of nitrogens with one attached hydrogen (secondary N) is 1. The molecule has 0 saturated carbocycles. The number of fused-ring (bicyclic) bond motifs is 1. The topological polar surface area (TPSA) is 88.2 Å². The van der Waals surface area contributed by atoms with E-state index >= 15 is 4.39 Å². The van der Waals surface area contributed by atoms with Crippen LogP contribution in [0, 0.1) is 5.82 Å². The van der Waals surface area contributed by atoms with Gasteiger partial charge in [-0.05, 0) is 62.8 Å². The number of amides is 3. The van der Waals surface area contributed by atoms with Gasteiger partial charge in [-0.25, -0.2) is 14.0 Å². The summed E-state index contributed by atoms with van der Waals surface area (Å²) in [7, 11) is 0. The van der Waals surface area contributed by atoms with Gasteiger partial charge in [0.15, 0.2) is 0 Å². The van der Waals surface area contributed by atoms with E-state index in [4.69, 9.17) is 9.47 Å². The molecule has 0 unspecified atom stereocenters. The Hall–Kier alpha value is -3.62. The monoisotopic (exact) mass is 497 g/mol. The Balaban J connectivity index is 1.41. The van der Waals surface area contributed by atoms with Gasteiger partial charge in [-0.1, -0.05) is 36.4 Å². The Morgan fingerprint density at radius 1 is 1.11 bits per heavy atom. The molecule has 192 valence electrons. The van der Waals surface area contributed by atoms with Crippen LogP contribution in [0.25, 0.3) is 0 Å². The summed E-state index contributed by atoms with van der Waals surface area (Å²) in [6.07, 6.45) is 0.260. The van der Waals surface area contributed by atoms with Crippen LogP contribution in [0.15, 0.2) is 42.5 Å². The number of carbonyl (C=O) groups is 3. The van der Waals surface area contributed by atoms with Crippen molar-refractivity contribution in [1.82, 2.24) is 10.2 Å². The molecule has 1 fully saturated rings. The molecule has 1 N–H and O–H groups in total. The minimum absolute atomic E-state index is 0.0943. The lowest BCUT2D eigenvalue weighted by Crippen LogP contribution is -2.42. The van der Waals surface area contributed by atoms with E-state index in [0.29, 0.717) is 36.9 Å². The number of halogens is 1. The number of ether oxygens (including phenoxy) is 2. The van der Waals surface area contributed by atoms with E-state index in [1.165, 1.54) is 4.90 Å². The summed E-state index contributed by atoms with van der Waals surface area (Å²) in [5.41, 5.74) is 1.61. The van der Waals surface area contributed by atoms with Crippen LogP contribution in [-0.2, 0) is 33.8 Å². The Morgan fingerprint density at radius 3 is 2.58 bits per heavy atom. The highest BCUT2D eigenvalue weighted by Gasteiger charge is 2.36. The number of hydrogen-bond acceptors (Lipinski definition) is 5. The van der Waals surface area contributed by atoms with Crippen LogP contribution >= 0.6 is 0 Å². The van der Waals surface area contributed by atoms with Crippen molar-refractivity contribution < 1.29 is 28.2 Å². The van der Waals surface area contributed by atoms with Gasteiger partial charge in [0.2, 0.25) is 5.91 Å². The van der Waals surface area contributed by atoms with Gasteiger partial charge in [0.05, 0.1) is 5.69 Å². The summed E-state index contributed by atoms with van der Waals surface area (Å²) >= 11 is 0. The molecule has 8 nitrogen and oxygen atoms in total. The number of benzene rings is 2. The second-order valence-electron chi connectivity index (χ2n) is 10.1. The highest BCUT2D eigenvalue weighted by Crippen LogP contribution is 2.32. The summed E-state index contributed by atoms with van der Waals surface area (Å²) in [5.74, 6) is -0.839. The van der Waals surface area contributed by atoms with Crippen LogP contribution in [-0.4, -0.2) is 47.7 Å². The maximum absolute atomic E-state index is 15.6. The number of hydrogen-bond donors (Lipinski definition) is 1. The fourth-order valence-electron chi connectivity index (χ4n) is 4.45. The molecule has 2 aliphatic heterocycles. The third kappa shape index (κ3) is 5.95. The molecule has 2 aromatic carbocycles. The molecule has 0 spiro atoms. The molecule has 2 aliphatic rings. The quantitative estimate of drug-likeness (QED) is 0.670. The maximum Gasteiger partial charge on any atom is 0.410 e. The van der Waals surface area contributed by atoms with Crippen LogP contribution in [0.1, 0.15) is 50.3 Å². The average molecular weight is 498 g/mol. The third-order valence-electron chi connectivity index (χ3n) is 6.19. The normalized spacial score (nSPS) is 17.9. The number of carbonyl (C=O) groups excluding carboxylic acids is 3. The van der Waals surface area contributed by atoms with E-state index in [-0.39, 0.29) is 31.3 Å². The molecule has 2 aromatic rings. The van der Waals surface area contributed by atoms with E-state index in [1.807, 2.05) is 30.3 Å². The van der Waals surface area contributed by atoms with E-state index in [1.54, 1.807) is 37.8 Å². The van der Waals surface area contributed by atoms with Gasteiger partial charge in [-0.15, -0.1) is 0 Å². The van der Waals surface area contributed by atoms with Gasteiger partial charge >= 0.3 is 12.2 Å². The van der Waals surface area contributed by atoms with Crippen molar-refractivity contribution in [2.45, 2.75) is 64.8 Å². The number of nitrogens with zero attached hydrogens (tertiary/aromatic N) is 2. The van der Waals surface area contributed by atoms with Gasteiger partial charge in [0, 0.05) is 19.6 Å². The molecule has 36 heavy (non-hydrogen) atoms. The van der Waals surface area contributed by atoms with Gasteiger partial charge in [-0.3, -0.25) is 4.79 Å². The molecule has 2 heterocycles. The summed E-state index contributed by atoms with van der Waals surface area (Å²) in [4.78, 5) is 40.7. The lowest BCUT2D eigenvalue weighted by atomic mass is 10.0. The smallest absolute Gasteiger partial charge is 0.410 e. The molecule has 1 saturated heterocycles. The molecule has 0 aromatic heterocycles. The Bertz CT molecular complexity index is 1130. The maximum atomic E-state index is 15.6. The minimum atomic E-state index is -0.783. The van der Waals surface area contributed by atoms with Crippen molar-refractivity contribution in [3.8, 4) is 0 Å². The summed E-state index contributed by atoms with van der Waals surface area (Å²) < 4.78 is 26.3. The van der Waals surface area contributed by atoms with Gasteiger partial charge in [-0.2, -0.15) is 0 Å². The van der Waals surface area contributed by atoms with Crippen LogP contribution in [0.4, 0.5) is 19.7 Å². The van der Waals surface area contributed by atoms with Crippen molar-refractivity contribution >= 4 is 23.8 Å². The van der Waals surface area contributed by atoms with E-state index < -0.39 is 29.6 Å². The Kier molecular flexibility index (Phi) is 7.47. The van der Waals surface area contributed by atoms with E-state index in [2.05, 4.69) is 5.32 Å². The zero-order chi connectivity index (χ0) is 25.9. The molecule has 0 aliphatic carbocycles. The SMILES string of the molecule is CC(C)(C)OC(=O)N1CCCc2c(ccc(N3CC[C@H](NC(=O)OCc4ccccc4)C3=O)c2F)C1. The zero-order valence-corrected chi connectivity index (χ0v) is 20.9. The number of alkyl carbamates (subject to hydrolysis) is 1. The minimum Gasteiger partial charge on any atom is -0.445 e.